The number of likely N-dealkylation sites (tertiary alicyclic amines) is 1. The number of hydrogen-bond donors (Lipinski definition) is 0. The summed E-state index contributed by atoms with van der Waals surface area (Å²) in [6, 6.07) is 14.1. The van der Waals surface area contributed by atoms with E-state index in [4.69, 9.17) is 14.0 Å². The minimum Gasteiger partial charge on any atom is -0.490 e. The second-order valence-corrected chi connectivity index (χ2v) is 7.13. The van der Waals surface area contributed by atoms with Gasteiger partial charge in [0.15, 0.2) is 11.5 Å². The fourth-order valence-electron chi connectivity index (χ4n) is 3.65. The summed E-state index contributed by atoms with van der Waals surface area (Å²) in [7, 11) is 0. The molecule has 29 heavy (non-hydrogen) atoms. The van der Waals surface area contributed by atoms with Gasteiger partial charge < -0.3 is 14.0 Å². The van der Waals surface area contributed by atoms with E-state index in [-0.39, 0.29) is 0 Å². The zero-order valence-corrected chi connectivity index (χ0v) is 17.1. The van der Waals surface area contributed by atoms with Crippen molar-refractivity contribution in [2.24, 2.45) is 0 Å². The number of hydrogen-bond acceptors (Lipinski definition) is 6. The van der Waals surface area contributed by atoms with Crippen molar-refractivity contribution in [3.63, 3.8) is 0 Å². The van der Waals surface area contributed by atoms with Crippen LogP contribution in [0.1, 0.15) is 32.3 Å². The van der Waals surface area contributed by atoms with Gasteiger partial charge in [0.1, 0.15) is 0 Å². The van der Waals surface area contributed by atoms with Crippen LogP contribution in [0.2, 0.25) is 0 Å². The number of nitrogens with zero attached hydrogens (tertiary/aromatic N) is 3. The molecule has 3 aromatic rings. The van der Waals surface area contributed by atoms with Crippen molar-refractivity contribution < 1.29 is 14.0 Å². The van der Waals surface area contributed by atoms with E-state index in [0.29, 0.717) is 36.4 Å². The Hall–Kier alpha value is -2.86. The van der Waals surface area contributed by atoms with Crippen LogP contribution in [0.15, 0.2) is 47.0 Å². The molecule has 4 rings (SSSR count). The highest BCUT2D eigenvalue weighted by molar-refractivity contribution is 5.63. The molecule has 152 valence electrons. The van der Waals surface area contributed by atoms with E-state index in [0.717, 1.165) is 17.7 Å². The Balaban J connectivity index is 1.56. The van der Waals surface area contributed by atoms with Crippen LogP contribution in [0, 0.1) is 0 Å². The fraction of sp³-hybridized carbons (Fsp3) is 0.391. The Morgan fingerprint density at radius 1 is 0.931 bits per heavy atom. The lowest BCUT2D eigenvalue weighted by Gasteiger charge is -2.14. The van der Waals surface area contributed by atoms with Gasteiger partial charge in [-0.15, -0.1) is 0 Å². The van der Waals surface area contributed by atoms with Crippen molar-refractivity contribution in [2.75, 3.05) is 26.3 Å². The molecule has 6 heteroatoms. The molecule has 0 unspecified atom stereocenters. The van der Waals surface area contributed by atoms with Gasteiger partial charge in [0.2, 0.25) is 5.82 Å². The van der Waals surface area contributed by atoms with Gasteiger partial charge in [-0.3, -0.25) is 4.90 Å². The summed E-state index contributed by atoms with van der Waals surface area (Å²) in [5.41, 5.74) is 3.05. The molecule has 0 aliphatic carbocycles. The number of benzene rings is 2. The maximum absolute atomic E-state index is 5.70. The Kier molecular flexibility index (Phi) is 6.10. The molecule has 1 aliphatic rings. The van der Waals surface area contributed by atoms with Crippen LogP contribution >= 0.6 is 0 Å². The molecule has 6 nitrogen and oxygen atoms in total. The van der Waals surface area contributed by atoms with Crippen molar-refractivity contribution in [3.8, 4) is 34.3 Å². The lowest BCUT2D eigenvalue weighted by Crippen LogP contribution is -2.18. The van der Waals surface area contributed by atoms with Crippen molar-refractivity contribution >= 4 is 0 Å². The number of ether oxygens (including phenoxy) is 2. The van der Waals surface area contributed by atoms with Gasteiger partial charge >= 0.3 is 0 Å². The van der Waals surface area contributed by atoms with E-state index in [1.807, 2.05) is 38.1 Å². The first kappa shape index (κ1) is 19.5. The molecule has 2 aromatic carbocycles. The fourth-order valence-corrected chi connectivity index (χ4v) is 3.65. The van der Waals surface area contributed by atoms with Crippen molar-refractivity contribution in [2.45, 2.75) is 33.2 Å². The van der Waals surface area contributed by atoms with Gasteiger partial charge in [-0.25, -0.2) is 0 Å². The molecule has 0 saturated carbocycles. The van der Waals surface area contributed by atoms with E-state index in [1.165, 1.54) is 31.5 Å². The van der Waals surface area contributed by atoms with E-state index in [2.05, 4.69) is 33.2 Å². The maximum Gasteiger partial charge on any atom is 0.258 e. The van der Waals surface area contributed by atoms with E-state index < -0.39 is 0 Å². The molecule has 0 radical (unpaired) electrons. The van der Waals surface area contributed by atoms with Crippen LogP contribution in [-0.2, 0) is 6.54 Å². The van der Waals surface area contributed by atoms with Crippen LogP contribution < -0.4 is 9.47 Å². The summed E-state index contributed by atoms with van der Waals surface area (Å²) in [6.07, 6.45) is 2.58. The molecule has 1 saturated heterocycles. The molecule has 0 amide bonds. The summed E-state index contributed by atoms with van der Waals surface area (Å²) in [5, 5.41) is 4.20. The topological polar surface area (TPSA) is 60.6 Å². The quantitative estimate of drug-likeness (QED) is 0.548. The van der Waals surface area contributed by atoms with Crippen LogP contribution in [0.25, 0.3) is 22.8 Å². The SMILES string of the molecule is CCOc1ccc(-c2nc(-c3cccc(CN4CCCC4)c3)no2)cc1OCC. The van der Waals surface area contributed by atoms with Crippen LogP contribution in [0.3, 0.4) is 0 Å². The van der Waals surface area contributed by atoms with Gasteiger partial charge in [-0.2, -0.15) is 4.98 Å². The van der Waals surface area contributed by atoms with Gasteiger partial charge in [-0.1, -0.05) is 23.4 Å². The van der Waals surface area contributed by atoms with Gasteiger partial charge in [-0.05, 0) is 69.6 Å². The van der Waals surface area contributed by atoms with Crippen molar-refractivity contribution in [1.29, 1.82) is 0 Å². The normalized spacial score (nSPS) is 14.3. The standard InChI is InChI=1S/C23H27N3O3/c1-3-27-20-11-10-19(15-21(20)28-4-2)23-24-22(25-29-23)18-9-7-8-17(14-18)16-26-12-5-6-13-26/h7-11,14-15H,3-6,12-13,16H2,1-2H3. The average molecular weight is 393 g/mol. The lowest BCUT2D eigenvalue weighted by atomic mass is 10.1. The third kappa shape index (κ3) is 4.59. The smallest absolute Gasteiger partial charge is 0.258 e. The van der Waals surface area contributed by atoms with E-state index >= 15 is 0 Å². The predicted molar refractivity (Wildman–Crippen MR) is 112 cm³/mol. The number of aromatic nitrogens is 2. The van der Waals surface area contributed by atoms with E-state index in [1.54, 1.807) is 0 Å². The highest BCUT2D eigenvalue weighted by Gasteiger charge is 2.16. The van der Waals surface area contributed by atoms with Crippen LogP contribution in [0.5, 0.6) is 11.5 Å². The largest absolute Gasteiger partial charge is 0.490 e. The van der Waals surface area contributed by atoms with Gasteiger partial charge in [0, 0.05) is 17.7 Å². The average Bonchev–Trinajstić information content (AvgIpc) is 3.42. The van der Waals surface area contributed by atoms with Gasteiger partial charge in [0.05, 0.1) is 13.2 Å². The highest BCUT2D eigenvalue weighted by Crippen LogP contribution is 2.33. The summed E-state index contributed by atoms with van der Waals surface area (Å²) in [5.74, 6) is 2.45. The van der Waals surface area contributed by atoms with Crippen LogP contribution in [-0.4, -0.2) is 41.3 Å². The highest BCUT2D eigenvalue weighted by atomic mass is 16.5. The first-order valence-corrected chi connectivity index (χ1v) is 10.3. The zero-order valence-electron chi connectivity index (χ0n) is 17.1. The maximum atomic E-state index is 5.70. The first-order valence-electron chi connectivity index (χ1n) is 10.3. The Labute approximate surface area is 171 Å². The molecule has 1 aliphatic heterocycles. The lowest BCUT2D eigenvalue weighted by molar-refractivity contribution is 0.288. The minimum atomic E-state index is 0.467. The predicted octanol–water partition coefficient (Wildman–Crippen LogP) is 4.80. The molecule has 0 spiro atoms. The number of rotatable bonds is 8. The monoisotopic (exact) mass is 393 g/mol. The molecular formula is C23H27N3O3. The zero-order chi connectivity index (χ0) is 20.1. The molecule has 0 bridgehead atoms. The molecule has 1 fully saturated rings. The second-order valence-electron chi connectivity index (χ2n) is 7.13. The molecule has 0 atom stereocenters. The summed E-state index contributed by atoms with van der Waals surface area (Å²) in [4.78, 5) is 7.09. The Morgan fingerprint density at radius 2 is 1.72 bits per heavy atom. The summed E-state index contributed by atoms with van der Waals surface area (Å²) in [6.45, 7) is 8.36. The minimum absolute atomic E-state index is 0.467. The summed E-state index contributed by atoms with van der Waals surface area (Å²) >= 11 is 0. The molecule has 0 N–H and O–H groups in total. The molecular weight excluding hydrogens is 366 g/mol. The van der Waals surface area contributed by atoms with Crippen molar-refractivity contribution in [3.05, 3.63) is 48.0 Å². The van der Waals surface area contributed by atoms with E-state index in [9.17, 15) is 0 Å². The Morgan fingerprint density at radius 3 is 2.52 bits per heavy atom. The van der Waals surface area contributed by atoms with Crippen molar-refractivity contribution in [1.82, 2.24) is 15.0 Å². The Bertz CT molecular complexity index is 948. The molecule has 1 aromatic heterocycles. The first-order chi connectivity index (χ1) is 14.3. The molecule has 2 heterocycles. The second kappa shape index (κ2) is 9.09. The third-order valence-electron chi connectivity index (χ3n) is 5.01. The van der Waals surface area contributed by atoms with Crippen LogP contribution in [0.4, 0.5) is 0 Å². The van der Waals surface area contributed by atoms with Gasteiger partial charge in [0.25, 0.3) is 5.89 Å². The summed E-state index contributed by atoms with van der Waals surface area (Å²) < 4.78 is 16.9. The third-order valence-corrected chi connectivity index (χ3v) is 5.01.